The van der Waals surface area contributed by atoms with Crippen molar-refractivity contribution in [3.8, 4) is 0 Å². The largest absolute Gasteiger partial charge is 0.281 e. The van der Waals surface area contributed by atoms with Crippen molar-refractivity contribution in [3.05, 3.63) is 34.9 Å². The third-order valence-corrected chi connectivity index (χ3v) is 2.00. The molecule has 0 aliphatic carbocycles. The van der Waals surface area contributed by atoms with Crippen molar-refractivity contribution in [1.29, 1.82) is 0 Å². The molecule has 1 nitrogen and oxygen atoms in total. The summed E-state index contributed by atoms with van der Waals surface area (Å²) in [6.45, 7) is 3.91. The Hall–Kier alpha value is 0.284. The molecule has 13 heavy (non-hydrogen) atoms. The van der Waals surface area contributed by atoms with E-state index in [9.17, 15) is 4.79 Å². The SMILES string of the molecule is Cc1c[c-]cc(C)c1CC(=O)Cl.[Y]. The molecule has 0 unspecified atom stereocenters. The Kier molecular flexibility index (Phi) is 6.03. The van der Waals surface area contributed by atoms with E-state index in [4.69, 9.17) is 11.6 Å². The van der Waals surface area contributed by atoms with Gasteiger partial charge in [0.2, 0.25) is 5.24 Å². The van der Waals surface area contributed by atoms with Crippen LogP contribution in [-0.2, 0) is 43.9 Å². The quantitative estimate of drug-likeness (QED) is 0.596. The van der Waals surface area contributed by atoms with Crippen LogP contribution in [0.4, 0.5) is 0 Å². The van der Waals surface area contributed by atoms with Gasteiger partial charge in [0, 0.05) is 39.1 Å². The zero-order valence-corrected chi connectivity index (χ0v) is 11.3. The molecule has 0 fully saturated rings. The molecule has 1 radical (unpaired) electrons. The maximum atomic E-state index is 10.7. The second-order valence-corrected chi connectivity index (χ2v) is 3.25. The Morgan fingerprint density at radius 1 is 1.38 bits per heavy atom. The Morgan fingerprint density at radius 2 is 1.85 bits per heavy atom. The van der Waals surface area contributed by atoms with Crippen molar-refractivity contribution in [3.63, 3.8) is 0 Å². The van der Waals surface area contributed by atoms with Crippen molar-refractivity contribution >= 4 is 16.8 Å². The van der Waals surface area contributed by atoms with Crippen LogP contribution in [0, 0.1) is 19.9 Å². The van der Waals surface area contributed by atoms with Gasteiger partial charge in [0.25, 0.3) is 0 Å². The first-order valence-electron chi connectivity index (χ1n) is 3.75. The standard InChI is InChI=1S/C10H10ClO.Y/c1-7-4-3-5-8(2)9(7)6-10(11)12;/h4-5H,6H2,1-2H3;/q-1;. The molecule has 0 N–H and O–H groups in total. The predicted octanol–water partition coefficient (Wildman–Crippen LogP) is 2.41. The second kappa shape index (κ2) is 5.90. The average molecular weight is 271 g/mol. The molecule has 3 heteroatoms. The molecule has 0 bridgehead atoms. The van der Waals surface area contributed by atoms with Crippen molar-refractivity contribution < 1.29 is 37.5 Å². The topological polar surface area (TPSA) is 17.1 Å². The summed E-state index contributed by atoms with van der Waals surface area (Å²) in [7, 11) is 0. The Balaban J connectivity index is 0.00000144. The Labute approximate surface area is 109 Å². The number of carbonyl (C=O) groups is 1. The maximum absolute atomic E-state index is 10.7. The number of carbonyl (C=O) groups excluding carboxylic acids is 1. The molecule has 1 aromatic rings. The minimum atomic E-state index is -0.313. The molecule has 0 saturated carbocycles. The van der Waals surface area contributed by atoms with E-state index in [1.807, 2.05) is 26.0 Å². The molecule has 0 aliphatic rings. The van der Waals surface area contributed by atoms with Crippen molar-refractivity contribution in [2.24, 2.45) is 0 Å². The van der Waals surface area contributed by atoms with Crippen LogP contribution in [-0.4, -0.2) is 5.24 Å². The third-order valence-electron chi connectivity index (χ3n) is 1.87. The van der Waals surface area contributed by atoms with E-state index >= 15 is 0 Å². The van der Waals surface area contributed by atoms with E-state index in [0.29, 0.717) is 6.42 Å². The van der Waals surface area contributed by atoms with Gasteiger partial charge in [-0.05, 0) is 11.6 Å². The monoisotopic (exact) mass is 270 g/mol. The molecule has 0 spiro atoms. The fourth-order valence-corrected chi connectivity index (χ4v) is 1.33. The van der Waals surface area contributed by atoms with Gasteiger partial charge >= 0.3 is 0 Å². The molecular formula is C10H10ClOY-. The van der Waals surface area contributed by atoms with Crippen LogP contribution in [0.15, 0.2) is 12.1 Å². The molecule has 0 aliphatic heterocycles. The summed E-state index contributed by atoms with van der Waals surface area (Å²) in [6.07, 6.45) is 0.313. The number of benzene rings is 1. The summed E-state index contributed by atoms with van der Waals surface area (Å²) in [5.74, 6) is 0. The van der Waals surface area contributed by atoms with Crippen LogP contribution in [0.5, 0.6) is 0 Å². The van der Waals surface area contributed by atoms with Crippen LogP contribution in [0.2, 0.25) is 0 Å². The molecule has 0 amide bonds. The number of halogens is 1. The Morgan fingerprint density at radius 3 is 2.23 bits per heavy atom. The van der Waals surface area contributed by atoms with Gasteiger partial charge < -0.3 is 0 Å². The number of aryl methyl sites for hydroxylation is 2. The first-order chi connectivity index (χ1) is 5.61. The van der Waals surface area contributed by atoms with E-state index in [1.165, 1.54) is 0 Å². The third kappa shape index (κ3) is 3.89. The minimum Gasteiger partial charge on any atom is -0.281 e. The van der Waals surface area contributed by atoms with Gasteiger partial charge in [-0.2, -0.15) is 29.3 Å². The minimum absolute atomic E-state index is 0. The Bertz CT molecular complexity index is 290. The van der Waals surface area contributed by atoms with Gasteiger partial charge in [-0.15, -0.1) is 5.56 Å². The van der Waals surface area contributed by atoms with Crippen LogP contribution < -0.4 is 0 Å². The zero-order chi connectivity index (χ0) is 9.14. The molecular weight excluding hydrogens is 260 g/mol. The van der Waals surface area contributed by atoms with E-state index in [-0.39, 0.29) is 38.0 Å². The second-order valence-electron chi connectivity index (χ2n) is 2.83. The summed E-state index contributed by atoms with van der Waals surface area (Å²) in [6, 6.07) is 6.71. The van der Waals surface area contributed by atoms with Crippen molar-refractivity contribution in [1.82, 2.24) is 0 Å². The number of rotatable bonds is 2. The summed E-state index contributed by atoms with van der Waals surface area (Å²) < 4.78 is 0. The molecule has 0 aromatic heterocycles. The summed E-state index contributed by atoms with van der Waals surface area (Å²) in [5.41, 5.74) is 3.17. The number of hydrogen-bond acceptors (Lipinski definition) is 1. The first kappa shape index (κ1) is 13.3. The normalized spacial score (nSPS) is 9.15. The molecule has 1 aromatic carbocycles. The van der Waals surface area contributed by atoms with E-state index in [0.717, 1.165) is 16.7 Å². The molecule has 1 rings (SSSR count). The molecule has 0 atom stereocenters. The smallest absolute Gasteiger partial charge is 0.223 e. The van der Waals surface area contributed by atoms with Crippen molar-refractivity contribution in [2.75, 3.05) is 0 Å². The fourth-order valence-electron chi connectivity index (χ4n) is 1.19. The van der Waals surface area contributed by atoms with Gasteiger partial charge in [0.05, 0.1) is 0 Å². The summed E-state index contributed by atoms with van der Waals surface area (Å²) in [5, 5.41) is -0.313. The fraction of sp³-hybridized carbons (Fsp3) is 0.300. The molecule has 0 saturated heterocycles. The zero-order valence-electron chi connectivity index (χ0n) is 7.73. The van der Waals surface area contributed by atoms with Crippen LogP contribution >= 0.6 is 11.6 Å². The van der Waals surface area contributed by atoms with Gasteiger partial charge in [-0.25, -0.2) is 0 Å². The predicted molar refractivity (Wildman–Crippen MR) is 49.3 cm³/mol. The van der Waals surface area contributed by atoms with Crippen LogP contribution in [0.3, 0.4) is 0 Å². The first-order valence-corrected chi connectivity index (χ1v) is 4.13. The number of hydrogen-bond donors (Lipinski definition) is 0. The maximum Gasteiger partial charge on any atom is 0.223 e. The van der Waals surface area contributed by atoms with Crippen LogP contribution in [0.25, 0.3) is 0 Å². The van der Waals surface area contributed by atoms with Gasteiger partial charge in [-0.1, -0.05) is 13.8 Å². The summed E-state index contributed by atoms with van der Waals surface area (Å²) in [4.78, 5) is 10.7. The average Bonchev–Trinajstić information content (AvgIpc) is 1.97. The molecule has 67 valence electrons. The van der Waals surface area contributed by atoms with Gasteiger partial charge in [-0.3, -0.25) is 4.79 Å². The van der Waals surface area contributed by atoms with E-state index in [2.05, 4.69) is 6.07 Å². The summed E-state index contributed by atoms with van der Waals surface area (Å²) >= 11 is 5.31. The van der Waals surface area contributed by atoms with E-state index in [1.54, 1.807) is 0 Å². The molecule has 0 heterocycles. The van der Waals surface area contributed by atoms with E-state index < -0.39 is 0 Å². The van der Waals surface area contributed by atoms with Gasteiger partial charge in [0.15, 0.2) is 0 Å². The van der Waals surface area contributed by atoms with Crippen molar-refractivity contribution in [2.45, 2.75) is 20.3 Å². The van der Waals surface area contributed by atoms with Gasteiger partial charge in [0.1, 0.15) is 0 Å². The van der Waals surface area contributed by atoms with Crippen LogP contribution in [0.1, 0.15) is 16.7 Å².